The Morgan fingerprint density at radius 1 is 1.42 bits per heavy atom. The molecule has 0 saturated carbocycles. The summed E-state index contributed by atoms with van der Waals surface area (Å²) in [6, 6.07) is 7.72. The van der Waals surface area contributed by atoms with Gasteiger partial charge in [-0.1, -0.05) is 19.1 Å². The van der Waals surface area contributed by atoms with Crippen LogP contribution in [-0.2, 0) is 10.0 Å². The third kappa shape index (κ3) is 3.63. The largest absolute Gasteiger partial charge is 0.295 e. The van der Waals surface area contributed by atoms with Crippen LogP contribution in [0.5, 0.6) is 0 Å². The lowest BCUT2D eigenvalue weighted by molar-refractivity contribution is 0.101. The lowest BCUT2D eigenvalue weighted by atomic mass is 10.2. The average Bonchev–Trinajstić information content (AvgIpc) is 2.38. The molecule has 102 valence electrons. The van der Waals surface area contributed by atoms with Crippen LogP contribution in [0.25, 0.3) is 0 Å². The highest BCUT2D eigenvalue weighted by molar-refractivity contribution is 7.89. The Kier molecular flexibility index (Phi) is 5.21. The molecule has 1 aromatic carbocycles. The molecular formula is C13H16N2O3S. The molecule has 1 rings (SSSR count). The van der Waals surface area contributed by atoms with Crippen LogP contribution in [0.4, 0.5) is 0 Å². The van der Waals surface area contributed by atoms with Crippen molar-refractivity contribution in [2.24, 2.45) is 0 Å². The van der Waals surface area contributed by atoms with Crippen molar-refractivity contribution in [3.05, 3.63) is 29.8 Å². The van der Waals surface area contributed by atoms with E-state index in [-0.39, 0.29) is 23.8 Å². The number of ketones is 1. The van der Waals surface area contributed by atoms with Gasteiger partial charge in [-0.3, -0.25) is 4.79 Å². The summed E-state index contributed by atoms with van der Waals surface area (Å²) >= 11 is 0. The highest BCUT2D eigenvalue weighted by Crippen LogP contribution is 2.17. The van der Waals surface area contributed by atoms with Crippen molar-refractivity contribution in [1.29, 1.82) is 5.26 Å². The van der Waals surface area contributed by atoms with Gasteiger partial charge in [0.05, 0.1) is 11.0 Å². The first-order valence-corrected chi connectivity index (χ1v) is 7.35. The van der Waals surface area contributed by atoms with Gasteiger partial charge in [0.1, 0.15) is 6.54 Å². The second kappa shape index (κ2) is 6.45. The fraction of sp³-hybridized carbons (Fsp3) is 0.385. The summed E-state index contributed by atoms with van der Waals surface area (Å²) < 4.78 is 25.8. The van der Waals surface area contributed by atoms with Gasteiger partial charge in [-0.15, -0.1) is 0 Å². The van der Waals surface area contributed by atoms with Crippen molar-refractivity contribution in [1.82, 2.24) is 4.31 Å². The van der Waals surface area contributed by atoms with Crippen LogP contribution in [0.2, 0.25) is 0 Å². The van der Waals surface area contributed by atoms with Crippen molar-refractivity contribution in [2.45, 2.75) is 25.2 Å². The number of nitriles is 1. The second-order valence-electron chi connectivity index (χ2n) is 4.08. The van der Waals surface area contributed by atoms with E-state index in [0.717, 1.165) is 4.31 Å². The molecule has 0 aliphatic rings. The summed E-state index contributed by atoms with van der Waals surface area (Å²) in [4.78, 5) is 11.3. The summed E-state index contributed by atoms with van der Waals surface area (Å²) in [6.07, 6.45) is 0.618. The first-order valence-electron chi connectivity index (χ1n) is 5.91. The molecule has 0 aliphatic carbocycles. The van der Waals surface area contributed by atoms with Crippen molar-refractivity contribution in [2.75, 3.05) is 13.1 Å². The molecule has 6 heteroatoms. The molecule has 0 aromatic heterocycles. The molecule has 0 unspecified atom stereocenters. The number of hydrogen-bond donors (Lipinski definition) is 0. The number of sulfonamides is 1. The molecule has 0 aliphatic heterocycles. The normalized spacial score (nSPS) is 11.3. The smallest absolute Gasteiger partial charge is 0.244 e. The Bertz CT molecular complexity index is 603. The molecule has 0 heterocycles. The maximum Gasteiger partial charge on any atom is 0.244 e. The fourth-order valence-electron chi connectivity index (χ4n) is 1.64. The van der Waals surface area contributed by atoms with Crippen LogP contribution >= 0.6 is 0 Å². The van der Waals surface area contributed by atoms with E-state index in [1.165, 1.54) is 25.1 Å². The van der Waals surface area contributed by atoms with Gasteiger partial charge in [0.15, 0.2) is 5.78 Å². The summed E-state index contributed by atoms with van der Waals surface area (Å²) in [5, 5.41) is 8.71. The molecule has 0 N–H and O–H groups in total. The number of carbonyl (C=O) groups is 1. The van der Waals surface area contributed by atoms with Gasteiger partial charge in [-0.05, 0) is 25.5 Å². The van der Waals surface area contributed by atoms with E-state index in [4.69, 9.17) is 5.26 Å². The predicted octanol–water partition coefficient (Wildman–Crippen LogP) is 1.81. The number of hydrogen-bond acceptors (Lipinski definition) is 4. The van der Waals surface area contributed by atoms with E-state index in [1.54, 1.807) is 6.07 Å². The number of nitrogens with zero attached hydrogens (tertiary/aromatic N) is 2. The lowest BCUT2D eigenvalue weighted by Crippen LogP contribution is -2.32. The molecule has 0 spiro atoms. The van der Waals surface area contributed by atoms with Crippen molar-refractivity contribution < 1.29 is 13.2 Å². The van der Waals surface area contributed by atoms with Crippen LogP contribution < -0.4 is 0 Å². The van der Waals surface area contributed by atoms with Crippen molar-refractivity contribution >= 4 is 15.8 Å². The van der Waals surface area contributed by atoms with Crippen LogP contribution in [-0.4, -0.2) is 31.6 Å². The van der Waals surface area contributed by atoms with E-state index >= 15 is 0 Å². The third-order valence-electron chi connectivity index (χ3n) is 2.60. The molecule has 0 saturated heterocycles. The van der Waals surface area contributed by atoms with Gasteiger partial charge < -0.3 is 0 Å². The van der Waals surface area contributed by atoms with Gasteiger partial charge in [0.2, 0.25) is 10.0 Å². The number of carbonyl (C=O) groups excluding carboxylic acids is 1. The van der Waals surface area contributed by atoms with Crippen LogP contribution in [0.1, 0.15) is 30.6 Å². The molecule has 0 amide bonds. The Hall–Kier alpha value is -1.71. The fourth-order valence-corrected chi connectivity index (χ4v) is 3.11. The standard InChI is InChI=1S/C13H16N2O3S/c1-3-8-15(9-7-14)19(17,18)13-6-4-5-12(10-13)11(2)16/h4-6,10H,3,8-9H2,1-2H3. The molecular weight excluding hydrogens is 264 g/mol. The highest BCUT2D eigenvalue weighted by Gasteiger charge is 2.23. The minimum absolute atomic E-state index is 0.0453. The molecule has 0 bridgehead atoms. The van der Waals surface area contributed by atoms with E-state index in [0.29, 0.717) is 12.0 Å². The first kappa shape index (κ1) is 15.3. The monoisotopic (exact) mass is 280 g/mol. The summed E-state index contributed by atoms with van der Waals surface area (Å²) in [5.41, 5.74) is 0.342. The second-order valence-corrected chi connectivity index (χ2v) is 6.02. The summed E-state index contributed by atoms with van der Waals surface area (Å²) in [7, 11) is -3.72. The first-order chi connectivity index (χ1) is 8.93. The van der Waals surface area contributed by atoms with Gasteiger partial charge >= 0.3 is 0 Å². The minimum atomic E-state index is -3.72. The molecule has 0 fully saturated rings. The Morgan fingerprint density at radius 3 is 2.63 bits per heavy atom. The van der Waals surface area contributed by atoms with Crippen LogP contribution in [0, 0.1) is 11.3 Å². The average molecular weight is 280 g/mol. The zero-order valence-electron chi connectivity index (χ0n) is 11.0. The highest BCUT2D eigenvalue weighted by atomic mass is 32.2. The van der Waals surface area contributed by atoms with Crippen molar-refractivity contribution in [3.8, 4) is 6.07 Å². The third-order valence-corrected chi connectivity index (χ3v) is 4.44. The Morgan fingerprint density at radius 2 is 2.11 bits per heavy atom. The topological polar surface area (TPSA) is 78.2 Å². The van der Waals surface area contributed by atoms with E-state index in [9.17, 15) is 13.2 Å². The summed E-state index contributed by atoms with van der Waals surface area (Å²) in [5.74, 6) is -0.195. The molecule has 5 nitrogen and oxygen atoms in total. The van der Waals surface area contributed by atoms with Gasteiger partial charge in [-0.2, -0.15) is 9.57 Å². The maximum atomic E-state index is 12.4. The number of benzene rings is 1. The number of rotatable bonds is 6. The SMILES string of the molecule is CCCN(CC#N)S(=O)(=O)c1cccc(C(C)=O)c1. The van der Waals surface area contributed by atoms with Gasteiger partial charge in [-0.25, -0.2) is 8.42 Å². The minimum Gasteiger partial charge on any atom is -0.295 e. The van der Waals surface area contributed by atoms with Crippen LogP contribution in [0.15, 0.2) is 29.2 Å². The Balaban J connectivity index is 3.21. The van der Waals surface area contributed by atoms with E-state index in [1.807, 2.05) is 13.0 Å². The summed E-state index contributed by atoms with van der Waals surface area (Å²) in [6.45, 7) is 3.30. The molecule has 1 aromatic rings. The molecule has 19 heavy (non-hydrogen) atoms. The van der Waals surface area contributed by atoms with Gasteiger partial charge in [0.25, 0.3) is 0 Å². The predicted molar refractivity (Wildman–Crippen MR) is 71.1 cm³/mol. The lowest BCUT2D eigenvalue weighted by Gasteiger charge is -2.18. The van der Waals surface area contributed by atoms with Gasteiger partial charge in [0, 0.05) is 12.1 Å². The number of Topliss-reactive ketones (excluding diaryl/α,β-unsaturated/α-hetero) is 1. The zero-order chi connectivity index (χ0) is 14.5. The Labute approximate surface area is 113 Å². The maximum absolute atomic E-state index is 12.4. The molecule has 0 atom stereocenters. The van der Waals surface area contributed by atoms with E-state index in [2.05, 4.69) is 0 Å². The van der Waals surface area contributed by atoms with Crippen molar-refractivity contribution in [3.63, 3.8) is 0 Å². The quantitative estimate of drug-likeness (QED) is 0.588. The zero-order valence-corrected chi connectivity index (χ0v) is 11.8. The van der Waals surface area contributed by atoms with E-state index < -0.39 is 10.0 Å². The molecule has 0 radical (unpaired) electrons. The van der Waals surface area contributed by atoms with Crippen LogP contribution in [0.3, 0.4) is 0 Å².